The number of ether oxygens (including phenoxy) is 1. The standard InChI is InChI=1S/C19H12F3NO3/c20-14-6-7-15(19(22)18(14)21)23-17(25)10-26-16-8-5-11-3-1-2-4-12(11)13(16)9-24/h1-9H,10H2,(H,23,25). The highest BCUT2D eigenvalue weighted by Crippen LogP contribution is 2.26. The molecule has 0 aromatic heterocycles. The van der Waals surface area contributed by atoms with Crippen molar-refractivity contribution in [3.05, 3.63) is 71.5 Å². The van der Waals surface area contributed by atoms with Gasteiger partial charge >= 0.3 is 0 Å². The van der Waals surface area contributed by atoms with Crippen LogP contribution < -0.4 is 10.1 Å². The molecule has 0 bridgehead atoms. The highest BCUT2D eigenvalue weighted by atomic mass is 19.2. The van der Waals surface area contributed by atoms with Gasteiger partial charge in [-0.1, -0.05) is 30.3 Å². The zero-order chi connectivity index (χ0) is 18.7. The number of aldehydes is 1. The number of benzene rings is 3. The summed E-state index contributed by atoms with van der Waals surface area (Å²) >= 11 is 0. The number of fused-ring (bicyclic) bond motifs is 1. The minimum absolute atomic E-state index is 0.180. The van der Waals surface area contributed by atoms with E-state index < -0.39 is 35.7 Å². The highest BCUT2D eigenvalue weighted by Gasteiger charge is 2.16. The maximum Gasteiger partial charge on any atom is 0.262 e. The molecule has 3 rings (SSSR count). The molecule has 1 N–H and O–H groups in total. The zero-order valence-corrected chi connectivity index (χ0v) is 13.3. The summed E-state index contributed by atoms with van der Waals surface area (Å²) in [7, 11) is 0. The number of amides is 1. The molecule has 0 aliphatic carbocycles. The lowest BCUT2D eigenvalue weighted by Crippen LogP contribution is -2.21. The van der Waals surface area contributed by atoms with Gasteiger partial charge in [0.2, 0.25) is 0 Å². The van der Waals surface area contributed by atoms with Crippen LogP contribution in [0.2, 0.25) is 0 Å². The number of hydrogen-bond donors (Lipinski definition) is 1. The Balaban J connectivity index is 1.75. The van der Waals surface area contributed by atoms with Gasteiger partial charge in [0.05, 0.1) is 11.3 Å². The summed E-state index contributed by atoms with van der Waals surface area (Å²) in [4.78, 5) is 23.3. The predicted octanol–water partition coefficient (Wildman–Crippen LogP) is 4.09. The van der Waals surface area contributed by atoms with Crippen LogP contribution in [0, 0.1) is 17.5 Å². The maximum absolute atomic E-state index is 13.6. The fourth-order valence-electron chi connectivity index (χ4n) is 2.48. The van der Waals surface area contributed by atoms with Gasteiger partial charge in [-0.25, -0.2) is 13.2 Å². The number of anilines is 1. The van der Waals surface area contributed by atoms with Crippen LogP contribution in [0.3, 0.4) is 0 Å². The van der Waals surface area contributed by atoms with E-state index in [1.165, 1.54) is 6.07 Å². The van der Waals surface area contributed by atoms with Gasteiger partial charge < -0.3 is 10.1 Å². The maximum atomic E-state index is 13.6. The van der Waals surface area contributed by atoms with Gasteiger partial charge in [0.25, 0.3) is 5.91 Å². The van der Waals surface area contributed by atoms with Crippen molar-refractivity contribution in [2.24, 2.45) is 0 Å². The molecule has 0 saturated heterocycles. The summed E-state index contributed by atoms with van der Waals surface area (Å²) in [6, 6.07) is 12.0. The van der Waals surface area contributed by atoms with Crippen molar-refractivity contribution in [3.8, 4) is 5.75 Å². The molecule has 0 fully saturated rings. The van der Waals surface area contributed by atoms with Crippen molar-refractivity contribution in [3.63, 3.8) is 0 Å². The van der Waals surface area contributed by atoms with Crippen molar-refractivity contribution < 1.29 is 27.5 Å². The first-order valence-corrected chi connectivity index (χ1v) is 7.54. The second kappa shape index (κ2) is 7.26. The normalized spacial score (nSPS) is 10.6. The SMILES string of the molecule is O=Cc1c(OCC(=O)Nc2ccc(F)c(F)c2F)ccc2ccccc12. The Morgan fingerprint density at radius 2 is 1.77 bits per heavy atom. The highest BCUT2D eigenvalue weighted by molar-refractivity contribution is 6.01. The van der Waals surface area contributed by atoms with Gasteiger partial charge in [-0.3, -0.25) is 9.59 Å². The molecule has 0 heterocycles. The number of hydrogen-bond acceptors (Lipinski definition) is 3. The second-order valence-corrected chi connectivity index (χ2v) is 5.38. The fourth-order valence-corrected chi connectivity index (χ4v) is 2.48. The first-order valence-electron chi connectivity index (χ1n) is 7.54. The molecule has 3 aromatic carbocycles. The summed E-state index contributed by atoms with van der Waals surface area (Å²) in [5.41, 5.74) is -0.235. The molecule has 1 amide bonds. The number of carbonyl (C=O) groups is 2. The van der Waals surface area contributed by atoms with Gasteiger partial charge in [0.1, 0.15) is 5.75 Å². The molecule has 7 heteroatoms. The largest absolute Gasteiger partial charge is 0.483 e. The van der Waals surface area contributed by atoms with E-state index in [1.54, 1.807) is 18.2 Å². The minimum atomic E-state index is -1.68. The second-order valence-electron chi connectivity index (χ2n) is 5.38. The van der Waals surface area contributed by atoms with Crippen molar-refractivity contribution in [2.75, 3.05) is 11.9 Å². The average molecular weight is 359 g/mol. The van der Waals surface area contributed by atoms with Gasteiger partial charge in [0, 0.05) is 0 Å². The van der Waals surface area contributed by atoms with E-state index in [-0.39, 0.29) is 11.3 Å². The third-order valence-electron chi connectivity index (χ3n) is 3.72. The van der Waals surface area contributed by atoms with Crippen LogP contribution in [-0.4, -0.2) is 18.8 Å². The number of halogens is 3. The summed E-state index contributed by atoms with van der Waals surface area (Å²) in [5, 5.41) is 3.58. The average Bonchev–Trinajstić information content (AvgIpc) is 2.66. The molecule has 0 spiro atoms. The monoisotopic (exact) mass is 359 g/mol. The first-order chi connectivity index (χ1) is 12.5. The lowest BCUT2D eigenvalue weighted by molar-refractivity contribution is -0.118. The smallest absolute Gasteiger partial charge is 0.262 e. The lowest BCUT2D eigenvalue weighted by Gasteiger charge is -2.11. The van der Waals surface area contributed by atoms with Crippen molar-refractivity contribution in [1.29, 1.82) is 0 Å². The molecule has 26 heavy (non-hydrogen) atoms. The zero-order valence-electron chi connectivity index (χ0n) is 13.3. The Labute approximate surface area is 146 Å². The fraction of sp³-hybridized carbons (Fsp3) is 0.0526. The molecule has 3 aromatic rings. The van der Waals surface area contributed by atoms with Crippen LogP contribution in [0.15, 0.2) is 48.5 Å². The molecular weight excluding hydrogens is 347 g/mol. The van der Waals surface area contributed by atoms with E-state index in [4.69, 9.17) is 4.74 Å². The number of carbonyl (C=O) groups excluding carboxylic acids is 2. The van der Waals surface area contributed by atoms with Crippen LogP contribution in [0.4, 0.5) is 18.9 Å². The van der Waals surface area contributed by atoms with E-state index in [0.29, 0.717) is 17.7 Å². The summed E-state index contributed by atoms with van der Waals surface area (Å²) in [6.07, 6.45) is 0.616. The van der Waals surface area contributed by atoms with E-state index in [2.05, 4.69) is 5.32 Å². The van der Waals surface area contributed by atoms with Crippen LogP contribution in [0.5, 0.6) is 5.75 Å². The summed E-state index contributed by atoms with van der Waals surface area (Å²) in [5.74, 6) is -5.15. The third-order valence-corrected chi connectivity index (χ3v) is 3.72. The Kier molecular flexibility index (Phi) is 4.88. The molecule has 4 nitrogen and oxygen atoms in total. The van der Waals surface area contributed by atoms with Gasteiger partial charge in [-0.05, 0) is 29.0 Å². The Morgan fingerprint density at radius 3 is 2.54 bits per heavy atom. The summed E-state index contributed by atoms with van der Waals surface area (Å²) in [6.45, 7) is -0.544. The molecule has 0 aliphatic rings. The van der Waals surface area contributed by atoms with E-state index >= 15 is 0 Å². The van der Waals surface area contributed by atoms with Crippen LogP contribution in [0.25, 0.3) is 10.8 Å². The lowest BCUT2D eigenvalue weighted by atomic mass is 10.0. The quantitative estimate of drug-likeness (QED) is 0.552. The topological polar surface area (TPSA) is 55.4 Å². The van der Waals surface area contributed by atoms with Gasteiger partial charge in [0.15, 0.2) is 30.3 Å². The minimum Gasteiger partial charge on any atom is -0.483 e. The van der Waals surface area contributed by atoms with Gasteiger partial charge in [-0.2, -0.15) is 0 Å². The van der Waals surface area contributed by atoms with Crippen LogP contribution in [-0.2, 0) is 4.79 Å². The Morgan fingerprint density at radius 1 is 1.00 bits per heavy atom. The van der Waals surface area contributed by atoms with Gasteiger partial charge in [-0.15, -0.1) is 0 Å². The van der Waals surface area contributed by atoms with Crippen molar-refractivity contribution in [2.45, 2.75) is 0 Å². The predicted molar refractivity (Wildman–Crippen MR) is 89.8 cm³/mol. The van der Waals surface area contributed by atoms with Crippen LogP contribution in [0.1, 0.15) is 10.4 Å². The molecule has 0 atom stereocenters. The molecule has 0 saturated carbocycles. The molecule has 0 aliphatic heterocycles. The van der Waals surface area contributed by atoms with E-state index in [9.17, 15) is 22.8 Å². The molecular formula is C19H12F3NO3. The Hall–Kier alpha value is -3.35. The number of nitrogens with one attached hydrogen (secondary N) is 1. The van der Waals surface area contributed by atoms with E-state index in [1.807, 2.05) is 12.1 Å². The van der Waals surface area contributed by atoms with Crippen molar-refractivity contribution in [1.82, 2.24) is 0 Å². The summed E-state index contributed by atoms with van der Waals surface area (Å²) < 4.78 is 45.0. The Bertz CT molecular complexity index is 1000. The molecule has 132 valence electrons. The number of rotatable bonds is 5. The third kappa shape index (κ3) is 3.37. The van der Waals surface area contributed by atoms with Crippen molar-refractivity contribution >= 4 is 28.7 Å². The van der Waals surface area contributed by atoms with E-state index in [0.717, 1.165) is 11.5 Å². The first kappa shape index (κ1) is 17.5. The molecule has 0 radical (unpaired) electrons. The van der Waals surface area contributed by atoms with Crippen LogP contribution >= 0.6 is 0 Å². The molecule has 0 unspecified atom stereocenters.